The van der Waals surface area contributed by atoms with Gasteiger partial charge in [0.2, 0.25) is 5.91 Å². The van der Waals surface area contributed by atoms with Crippen molar-refractivity contribution >= 4 is 35.1 Å². The number of nitrogens with zero attached hydrogens (tertiary/aromatic N) is 1. The summed E-state index contributed by atoms with van der Waals surface area (Å²) in [6, 6.07) is 10.3. The molecular weight excluding hydrogens is 300 g/mol. The van der Waals surface area contributed by atoms with E-state index < -0.39 is 5.41 Å². The van der Waals surface area contributed by atoms with Crippen LogP contribution >= 0.6 is 23.5 Å². The molecule has 0 spiro atoms. The van der Waals surface area contributed by atoms with Crippen LogP contribution < -0.4 is 5.32 Å². The van der Waals surface area contributed by atoms with Crippen molar-refractivity contribution in [3.63, 3.8) is 0 Å². The number of amides is 1. The van der Waals surface area contributed by atoms with Gasteiger partial charge in [-0.1, -0.05) is 25.0 Å². The van der Waals surface area contributed by atoms with Crippen LogP contribution in [0.1, 0.15) is 35.8 Å². The minimum atomic E-state index is -0.813. The molecular formula is C16H18N2OS2. The Morgan fingerprint density at radius 1 is 1.29 bits per heavy atom. The van der Waals surface area contributed by atoms with E-state index in [-0.39, 0.29) is 5.91 Å². The fourth-order valence-electron chi connectivity index (χ4n) is 2.93. The Morgan fingerprint density at radius 3 is 2.67 bits per heavy atom. The lowest BCUT2D eigenvalue weighted by Gasteiger charge is -2.19. The highest BCUT2D eigenvalue weighted by molar-refractivity contribution is 8.19. The van der Waals surface area contributed by atoms with Crippen molar-refractivity contribution in [2.75, 3.05) is 16.8 Å². The van der Waals surface area contributed by atoms with Gasteiger partial charge in [0.15, 0.2) is 0 Å². The second-order valence-electron chi connectivity index (χ2n) is 5.55. The SMILES string of the molecule is N#CC1(C(=O)Nc2cccc(C3SCCS3)c2)CCCC1. The minimum absolute atomic E-state index is 0.133. The van der Waals surface area contributed by atoms with Crippen LogP contribution in [0, 0.1) is 16.7 Å². The zero-order chi connectivity index (χ0) is 14.7. The zero-order valence-corrected chi connectivity index (χ0v) is 13.4. The zero-order valence-electron chi connectivity index (χ0n) is 11.8. The summed E-state index contributed by atoms with van der Waals surface area (Å²) in [6.45, 7) is 0. The second-order valence-corrected chi connectivity index (χ2v) is 8.28. The van der Waals surface area contributed by atoms with E-state index in [0.717, 1.165) is 18.5 Å². The number of benzene rings is 1. The molecule has 3 nitrogen and oxygen atoms in total. The molecule has 0 atom stereocenters. The Kier molecular flexibility index (Phi) is 4.46. The van der Waals surface area contributed by atoms with Crippen LogP contribution in [-0.2, 0) is 4.79 Å². The lowest BCUT2D eigenvalue weighted by molar-refractivity contribution is -0.122. The Hall–Kier alpha value is -1.12. The highest BCUT2D eigenvalue weighted by atomic mass is 32.2. The topological polar surface area (TPSA) is 52.9 Å². The van der Waals surface area contributed by atoms with Gasteiger partial charge in [-0.2, -0.15) is 5.26 Å². The van der Waals surface area contributed by atoms with E-state index >= 15 is 0 Å². The van der Waals surface area contributed by atoms with Crippen molar-refractivity contribution in [3.8, 4) is 6.07 Å². The van der Waals surface area contributed by atoms with Gasteiger partial charge in [-0.3, -0.25) is 4.79 Å². The maximum absolute atomic E-state index is 12.5. The third kappa shape index (κ3) is 3.07. The molecule has 2 aliphatic rings. The van der Waals surface area contributed by atoms with Gasteiger partial charge < -0.3 is 5.32 Å². The first kappa shape index (κ1) is 14.8. The first-order valence-electron chi connectivity index (χ1n) is 7.29. The Morgan fingerprint density at radius 2 is 2.00 bits per heavy atom. The summed E-state index contributed by atoms with van der Waals surface area (Å²) < 4.78 is 0.471. The molecule has 0 unspecified atom stereocenters. The molecule has 5 heteroatoms. The van der Waals surface area contributed by atoms with Crippen molar-refractivity contribution < 1.29 is 4.79 Å². The van der Waals surface area contributed by atoms with Crippen molar-refractivity contribution in [3.05, 3.63) is 29.8 Å². The minimum Gasteiger partial charge on any atom is -0.325 e. The van der Waals surface area contributed by atoms with Crippen LogP contribution in [0.4, 0.5) is 5.69 Å². The van der Waals surface area contributed by atoms with E-state index in [1.54, 1.807) is 0 Å². The number of anilines is 1. The standard InChI is InChI=1S/C16H18N2OS2/c17-11-16(6-1-2-7-16)15(19)18-13-5-3-4-12(10-13)14-20-8-9-21-14/h3-5,10,14H,1-2,6-9H2,(H,18,19). The molecule has 3 rings (SSSR count). The maximum Gasteiger partial charge on any atom is 0.244 e. The van der Waals surface area contributed by atoms with Gasteiger partial charge in [-0.05, 0) is 30.5 Å². The number of hydrogen-bond acceptors (Lipinski definition) is 4. The van der Waals surface area contributed by atoms with Crippen LogP contribution in [0.15, 0.2) is 24.3 Å². The first-order valence-corrected chi connectivity index (χ1v) is 9.39. The molecule has 1 saturated heterocycles. The molecule has 1 aromatic rings. The van der Waals surface area contributed by atoms with Crippen molar-refractivity contribution in [1.82, 2.24) is 0 Å². The largest absolute Gasteiger partial charge is 0.325 e. The van der Waals surface area contributed by atoms with Crippen LogP contribution in [0.2, 0.25) is 0 Å². The van der Waals surface area contributed by atoms with E-state index in [4.69, 9.17) is 0 Å². The molecule has 1 aromatic carbocycles. The molecule has 0 bridgehead atoms. The quantitative estimate of drug-likeness (QED) is 0.908. The third-order valence-corrected chi connectivity index (χ3v) is 7.25. The average molecular weight is 318 g/mol. The van der Waals surface area contributed by atoms with Crippen molar-refractivity contribution in [2.45, 2.75) is 30.3 Å². The average Bonchev–Trinajstić information content (AvgIpc) is 3.20. The fraction of sp³-hybridized carbons (Fsp3) is 0.500. The normalized spacial score (nSPS) is 21.1. The maximum atomic E-state index is 12.5. The smallest absolute Gasteiger partial charge is 0.244 e. The molecule has 0 radical (unpaired) electrons. The van der Waals surface area contributed by atoms with Crippen LogP contribution in [0.5, 0.6) is 0 Å². The lowest BCUT2D eigenvalue weighted by atomic mass is 9.87. The Labute approximate surface area is 133 Å². The van der Waals surface area contributed by atoms with Crippen molar-refractivity contribution in [2.24, 2.45) is 5.41 Å². The van der Waals surface area contributed by atoms with Gasteiger partial charge in [0, 0.05) is 17.2 Å². The van der Waals surface area contributed by atoms with Crippen LogP contribution in [0.25, 0.3) is 0 Å². The summed E-state index contributed by atoms with van der Waals surface area (Å²) in [4.78, 5) is 12.5. The highest BCUT2D eigenvalue weighted by Crippen LogP contribution is 2.45. The highest BCUT2D eigenvalue weighted by Gasteiger charge is 2.41. The van der Waals surface area contributed by atoms with E-state index in [1.165, 1.54) is 17.1 Å². The molecule has 1 N–H and O–H groups in total. The van der Waals surface area contributed by atoms with E-state index in [0.29, 0.717) is 17.4 Å². The third-order valence-electron chi connectivity index (χ3n) is 4.14. The van der Waals surface area contributed by atoms with E-state index in [9.17, 15) is 10.1 Å². The molecule has 1 aliphatic carbocycles. The van der Waals surface area contributed by atoms with Crippen molar-refractivity contribution in [1.29, 1.82) is 5.26 Å². The molecule has 1 heterocycles. The summed E-state index contributed by atoms with van der Waals surface area (Å²) in [7, 11) is 0. The Bertz CT molecular complexity index is 570. The second kappa shape index (κ2) is 6.33. The molecule has 1 amide bonds. The van der Waals surface area contributed by atoms with Gasteiger partial charge >= 0.3 is 0 Å². The number of nitrogens with one attached hydrogen (secondary N) is 1. The van der Waals surface area contributed by atoms with E-state index in [1.807, 2.05) is 41.7 Å². The molecule has 110 valence electrons. The van der Waals surface area contributed by atoms with Gasteiger partial charge in [0.25, 0.3) is 0 Å². The van der Waals surface area contributed by atoms with Gasteiger partial charge in [-0.25, -0.2) is 0 Å². The number of nitriles is 1. The molecule has 1 saturated carbocycles. The predicted molar refractivity (Wildman–Crippen MR) is 89.2 cm³/mol. The monoisotopic (exact) mass is 318 g/mol. The van der Waals surface area contributed by atoms with Crippen LogP contribution in [-0.4, -0.2) is 17.4 Å². The summed E-state index contributed by atoms with van der Waals surface area (Å²) in [6.07, 6.45) is 3.31. The summed E-state index contributed by atoms with van der Waals surface area (Å²) in [5.41, 5.74) is 1.25. The number of carbonyl (C=O) groups excluding carboxylic acids is 1. The molecule has 2 fully saturated rings. The Balaban J connectivity index is 1.74. The van der Waals surface area contributed by atoms with Gasteiger partial charge in [-0.15, -0.1) is 23.5 Å². The number of carbonyl (C=O) groups is 1. The summed E-state index contributed by atoms with van der Waals surface area (Å²) in [5, 5.41) is 12.3. The lowest BCUT2D eigenvalue weighted by Crippen LogP contribution is -2.32. The predicted octanol–water partition coefficient (Wildman–Crippen LogP) is 4.19. The molecule has 0 aromatic heterocycles. The molecule has 1 aliphatic heterocycles. The fourth-order valence-corrected chi connectivity index (χ4v) is 5.77. The molecule has 21 heavy (non-hydrogen) atoms. The van der Waals surface area contributed by atoms with E-state index in [2.05, 4.69) is 17.5 Å². The number of thioether (sulfide) groups is 2. The van der Waals surface area contributed by atoms with Gasteiger partial charge in [0.05, 0.1) is 10.7 Å². The summed E-state index contributed by atoms with van der Waals surface area (Å²) >= 11 is 3.90. The number of rotatable bonds is 3. The van der Waals surface area contributed by atoms with Gasteiger partial charge in [0.1, 0.15) is 5.41 Å². The summed E-state index contributed by atoms with van der Waals surface area (Å²) in [5.74, 6) is 2.24. The van der Waals surface area contributed by atoms with Crippen LogP contribution in [0.3, 0.4) is 0 Å². The number of hydrogen-bond donors (Lipinski definition) is 1. The first-order chi connectivity index (χ1) is 10.2.